The van der Waals surface area contributed by atoms with Gasteiger partial charge >= 0.3 is 0 Å². The zero-order valence-electron chi connectivity index (χ0n) is 20.3. The average Bonchev–Trinajstić information content (AvgIpc) is 3.33. The lowest BCUT2D eigenvalue weighted by Crippen LogP contribution is -1.94. The van der Waals surface area contributed by atoms with Gasteiger partial charge in [-0.15, -0.1) is 0 Å². The Morgan fingerprint density at radius 1 is 0.938 bits per heavy atom. The van der Waals surface area contributed by atoms with Crippen LogP contribution in [-0.2, 0) is 6.42 Å². The Hall–Kier alpha value is -2.66. The summed E-state index contributed by atoms with van der Waals surface area (Å²) in [6, 6.07) is 0. The molecule has 0 atom stereocenters. The van der Waals surface area contributed by atoms with Crippen molar-refractivity contribution in [3.63, 3.8) is 0 Å². The summed E-state index contributed by atoms with van der Waals surface area (Å²) in [6.45, 7) is 16.9. The first kappa shape index (κ1) is 24.0. The normalized spacial score (nSPS) is 16.4. The molecule has 0 aromatic carbocycles. The second-order valence-corrected chi connectivity index (χ2v) is 9.61. The van der Waals surface area contributed by atoms with Gasteiger partial charge in [-0.3, -0.25) is 4.99 Å². The molecule has 0 amide bonds. The van der Waals surface area contributed by atoms with Crippen molar-refractivity contribution in [2.24, 2.45) is 4.99 Å². The van der Waals surface area contributed by atoms with E-state index < -0.39 is 0 Å². The van der Waals surface area contributed by atoms with Gasteiger partial charge in [0.2, 0.25) is 0 Å². The Balaban J connectivity index is 1.94. The third kappa shape index (κ3) is 4.58. The molecule has 2 aromatic rings. The summed E-state index contributed by atoms with van der Waals surface area (Å²) < 4.78 is 0.992. The van der Waals surface area contributed by atoms with Crippen molar-refractivity contribution in [1.82, 2.24) is 9.97 Å². The zero-order chi connectivity index (χ0) is 23.7. The van der Waals surface area contributed by atoms with Gasteiger partial charge in [-0.1, -0.05) is 15.9 Å². The molecule has 4 nitrogen and oxygen atoms in total. The molecule has 0 fully saturated rings. The van der Waals surface area contributed by atoms with Gasteiger partial charge in [0.1, 0.15) is 0 Å². The van der Waals surface area contributed by atoms with Crippen molar-refractivity contribution < 1.29 is 0 Å². The third-order valence-electron chi connectivity index (χ3n) is 6.85. The Bertz CT molecular complexity index is 1240. The summed E-state index contributed by atoms with van der Waals surface area (Å²) in [6.07, 6.45) is 8.42. The van der Waals surface area contributed by atoms with E-state index in [1.807, 2.05) is 20.1 Å². The van der Waals surface area contributed by atoms with Crippen molar-refractivity contribution in [1.29, 1.82) is 5.41 Å². The van der Waals surface area contributed by atoms with Gasteiger partial charge in [0.05, 0.1) is 5.70 Å². The van der Waals surface area contributed by atoms with E-state index in [-0.39, 0.29) is 0 Å². The highest BCUT2D eigenvalue weighted by atomic mass is 79.9. The lowest BCUT2D eigenvalue weighted by molar-refractivity contribution is 1.02. The predicted octanol–water partition coefficient (Wildman–Crippen LogP) is 7.65. The van der Waals surface area contributed by atoms with Gasteiger partial charge in [0, 0.05) is 46.1 Å². The van der Waals surface area contributed by atoms with Crippen LogP contribution in [0.1, 0.15) is 72.7 Å². The number of nitrogens with zero attached hydrogens (tertiary/aromatic N) is 1. The van der Waals surface area contributed by atoms with Crippen LogP contribution in [0.4, 0.5) is 0 Å². The maximum Gasteiger partial charge on any atom is 0.0682 e. The van der Waals surface area contributed by atoms with E-state index in [1.54, 1.807) is 0 Å². The number of rotatable bonds is 6. The Kier molecular flexibility index (Phi) is 7.09. The number of nitrogens with one attached hydrogen (secondary N) is 3. The molecule has 0 bridgehead atoms. The maximum atomic E-state index is 7.49. The molecular weight excluding hydrogens is 460 g/mol. The molecule has 0 unspecified atom stereocenters. The summed E-state index contributed by atoms with van der Waals surface area (Å²) in [4.78, 5) is 11.8. The number of hydrogen-bond acceptors (Lipinski definition) is 2. The van der Waals surface area contributed by atoms with Gasteiger partial charge in [-0.2, -0.15) is 0 Å². The van der Waals surface area contributed by atoms with Crippen molar-refractivity contribution >= 4 is 40.5 Å². The van der Waals surface area contributed by atoms with Crippen LogP contribution < -0.4 is 0 Å². The summed E-state index contributed by atoms with van der Waals surface area (Å²) in [5.41, 5.74) is 15.3. The van der Waals surface area contributed by atoms with Crippen LogP contribution in [0.15, 0.2) is 37.5 Å². The van der Waals surface area contributed by atoms with Crippen LogP contribution in [0.5, 0.6) is 0 Å². The van der Waals surface area contributed by atoms with Crippen molar-refractivity contribution in [3.8, 4) is 0 Å². The number of hydrogen-bond donors (Lipinski definition) is 3. The Morgan fingerprint density at radius 3 is 2.03 bits per heavy atom. The summed E-state index contributed by atoms with van der Waals surface area (Å²) in [5.74, 6) is 0. The molecule has 0 spiro atoms. The average molecular weight is 493 g/mol. The highest BCUT2D eigenvalue weighted by molar-refractivity contribution is 9.12. The molecule has 0 radical (unpaired) electrons. The molecule has 0 aliphatic carbocycles. The summed E-state index contributed by atoms with van der Waals surface area (Å²) in [5, 5.41) is 7.49. The van der Waals surface area contributed by atoms with E-state index in [1.165, 1.54) is 51.0 Å². The molecule has 3 N–H and O–H groups in total. The minimum Gasteiger partial charge on any atom is -0.358 e. The Morgan fingerprint density at radius 2 is 1.50 bits per heavy atom. The SMILES string of the molecule is CC1=C(C)/C(=C/c2[nH]c(Cc3[nH]c(/C=C(Br)/C(C)=C(/C)C=N)c(C)c3C)c(C)c2C)N=C1. The number of halogens is 1. The van der Waals surface area contributed by atoms with Crippen LogP contribution in [0, 0.1) is 33.1 Å². The minimum atomic E-state index is 0.819. The number of aliphatic imine (C=N–C) groups is 1. The van der Waals surface area contributed by atoms with Gasteiger partial charge < -0.3 is 15.4 Å². The molecule has 1 aliphatic heterocycles. The monoisotopic (exact) mass is 492 g/mol. The van der Waals surface area contributed by atoms with E-state index >= 15 is 0 Å². The molecule has 3 rings (SSSR count). The first-order valence-electron chi connectivity index (χ1n) is 10.9. The molecule has 5 heteroatoms. The van der Waals surface area contributed by atoms with E-state index in [4.69, 9.17) is 5.41 Å². The zero-order valence-corrected chi connectivity index (χ0v) is 21.9. The fourth-order valence-corrected chi connectivity index (χ4v) is 4.29. The Labute approximate surface area is 200 Å². The summed E-state index contributed by atoms with van der Waals surface area (Å²) in [7, 11) is 0. The molecule has 32 heavy (non-hydrogen) atoms. The largest absolute Gasteiger partial charge is 0.358 e. The van der Waals surface area contributed by atoms with Gasteiger partial charge in [-0.05, 0) is 112 Å². The van der Waals surface area contributed by atoms with Gasteiger partial charge in [-0.25, -0.2) is 0 Å². The predicted molar refractivity (Wildman–Crippen MR) is 142 cm³/mol. The molecule has 1 aliphatic rings. The number of aromatic amines is 2. The molecule has 3 heterocycles. The first-order chi connectivity index (χ1) is 15.0. The van der Waals surface area contributed by atoms with E-state index in [2.05, 4.69) is 84.6 Å². The number of aromatic nitrogens is 2. The topological polar surface area (TPSA) is 67.8 Å². The van der Waals surface area contributed by atoms with Crippen LogP contribution >= 0.6 is 15.9 Å². The smallest absolute Gasteiger partial charge is 0.0682 e. The molecule has 2 aromatic heterocycles. The van der Waals surface area contributed by atoms with Crippen molar-refractivity contribution in [2.75, 3.05) is 0 Å². The fraction of sp³-hybridized carbons (Fsp3) is 0.333. The van der Waals surface area contributed by atoms with Crippen molar-refractivity contribution in [2.45, 2.75) is 61.8 Å². The van der Waals surface area contributed by atoms with Crippen LogP contribution in [0.2, 0.25) is 0 Å². The van der Waals surface area contributed by atoms with Crippen LogP contribution in [-0.4, -0.2) is 22.4 Å². The summed E-state index contributed by atoms with van der Waals surface area (Å²) >= 11 is 3.68. The minimum absolute atomic E-state index is 0.819. The first-order valence-corrected chi connectivity index (χ1v) is 11.7. The fourth-order valence-electron chi connectivity index (χ4n) is 3.75. The maximum absolute atomic E-state index is 7.49. The van der Waals surface area contributed by atoms with E-state index in [0.29, 0.717) is 0 Å². The second-order valence-electron chi connectivity index (χ2n) is 8.75. The van der Waals surface area contributed by atoms with Gasteiger partial charge in [0.25, 0.3) is 0 Å². The van der Waals surface area contributed by atoms with E-state index in [9.17, 15) is 0 Å². The number of allylic oxidation sites excluding steroid dienone is 5. The molecular formula is C27H33BrN4. The second kappa shape index (κ2) is 9.45. The molecule has 0 saturated heterocycles. The highest BCUT2D eigenvalue weighted by Gasteiger charge is 2.16. The molecule has 0 saturated carbocycles. The van der Waals surface area contributed by atoms with Crippen molar-refractivity contribution in [3.05, 3.63) is 77.5 Å². The standard InChI is InChI=1S/C27H33BrN4/c1-14(12-29)16(3)22(28)9-24-18(5)19(6)26(31-24)11-27-21(8)20(7)25(32-27)10-23-17(4)15(2)13-30-23/h9-10,12-13,29,31-32H,11H2,1-8H3/b16-14-,22-9-,23-10-,29-12?. The lowest BCUT2D eigenvalue weighted by atomic mass is 10.0. The van der Waals surface area contributed by atoms with Crippen LogP contribution in [0.3, 0.4) is 0 Å². The van der Waals surface area contributed by atoms with E-state index in [0.717, 1.165) is 39.1 Å². The quantitative estimate of drug-likeness (QED) is 0.273. The van der Waals surface area contributed by atoms with Gasteiger partial charge in [0.15, 0.2) is 0 Å². The third-order valence-corrected chi connectivity index (χ3v) is 7.68. The highest BCUT2D eigenvalue weighted by Crippen LogP contribution is 2.30. The van der Waals surface area contributed by atoms with Crippen LogP contribution in [0.25, 0.3) is 12.2 Å². The molecule has 168 valence electrons. The number of H-pyrrole nitrogens is 2. The lowest BCUT2D eigenvalue weighted by Gasteiger charge is -2.03.